The quantitative estimate of drug-likeness (QED) is 0.759. The summed E-state index contributed by atoms with van der Waals surface area (Å²) in [5.41, 5.74) is 1.62. The van der Waals surface area contributed by atoms with E-state index in [4.69, 9.17) is 9.47 Å². The fourth-order valence-corrected chi connectivity index (χ4v) is 2.28. The molecule has 0 saturated heterocycles. The molecule has 0 unspecified atom stereocenters. The molecule has 0 bridgehead atoms. The van der Waals surface area contributed by atoms with Gasteiger partial charge in [0, 0.05) is 6.07 Å². The van der Waals surface area contributed by atoms with Crippen molar-refractivity contribution in [1.82, 2.24) is 0 Å². The van der Waals surface area contributed by atoms with Crippen LogP contribution in [0.4, 0.5) is 15.8 Å². The van der Waals surface area contributed by atoms with E-state index < -0.39 is 0 Å². The average Bonchev–Trinajstić information content (AvgIpc) is 2.57. The molecule has 0 aliphatic carbocycles. The second-order valence-electron chi connectivity index (χ2n) is 5.41. The zero-order valence-electron chi connectivity index (χ0n) is 14.7. The van der Waals surface area contributed by atoms with Crippen molar-refractivity contribution in [3.63, 3.8) is 0 Å². The molecule has 2 rings (SSSR count). The van der Waals surface area contributed by atoms with Gasteiger partial charge in [0.2, 0.25) is 5.91 Å². The predicted molar refractivity (Wildman–Crippen MR) is 97.0 cm³/mol. The van der Waals surface area contributed by atoms with Crippen LogP contribution in [0.3, 0.4) is 0 Å². The molecule has 0 aliphatic heterocycles. The molecular formula is C19H23FN2O3. The van der Waals surface area contributed by atoms with E-state index in [1.54, 1.807) is 37.3 Å². The molecule has 2 aromatic carbocycles. The Morgan fingerprint density at radius 3 is 2.48 bits per heavy atom. The van der Waals surface area contributed by atoms with E-state index in [0.717, 1.165) is 5.56 Å². The maximum Gasteiger partial charge on any atom is 0.243 e. The molecule has 0 heterocycles. The maximum atomic E-state index is 13.8. The van der Waals surface area contributed by atoms with Crippen LogP contribution >= 0.6 is 0 Å². The fourth-order valence-electron chi connectivity index (χ4n) is 2.28. The molecule has 2 aromatic rings. The highest BCUT2D eigenvalue weighted by molar-refractivity contribution is 5.95. The van der Waals surface area contributed by atoms with Crippen LogP contribution in [-0.4, -0.2) is 25.7 Å². The van der Waals surface area contributed by atoms with Gasteiger partial charge in [0.1, 0.15) is 17.3 Å². The van der Waals surface area contributed by atoms with Crippen LogP contribution in [-0.2, 0) is 4.79 Å². The summed E-state index contributed by atoms with van der Waals surface area (Å²) in [6.45, 7) is 6.49. The summed E-state index contributed by atoms with van der Waals surface area (Å²) in [6.07, 6.45) is 0. The normalized spacial score (nSPS) is 10.2. The first kappa shape index (κ1) is 18.6. The lowest BCUT2D eigenvalue weighted by Gasteiger charge is -2.14. The number of hydrogen-bond donors (Lipinski definition) is 2. The molecule has 0 atom stereocenters. The third-order valence-electron chi connectivity index (χ3n) is 3.40. The number of carbonyl (C=O) groups excluding carboxylic acids is 1. The number of benzene rings is 2. The van der Waals surface area contributed by atoms with Gasteiger partial charge in [0.05, 0.1) is 31.1 Å². The zero-order chi connectivity index (χ0) is 18.2. The predicted octanol–water partition coefficient (Wildman–Crippen LogP) is 3.98. The minimum atomic E-state index is -0.388. The van der Waals surface area contributed by atoms with Gasteiger partial charge < -0.3 is 20.1 Å². The molecule has 5 nitrogen and oxygen atoms in total. The zero-order valence-corrected chi connectivity index (χ0v) is 14.7. The summed E-state index contributed by atoms with van der Waals surface area (Å²) in [7, 11) is 0. The van der Waals surface area contributed by atoms with Gasteiger partial charge in [-0.2, -0.15) is 0 Å². The lowest BCUT2D eigenvalue weighted by atomic mass is 10.2. The van der Waals surface area contributed by atoms with E-state index in [9.17, 15) is 9.18 Å². The summed E-state index contributed by atoms with van der Waals surface area (Å²) in [4.78, 5) is 12.2. The number of carbonyl (C=O) groups is 1. The summed E-state index contributed by atoms with van der Waals surface area (Å²) < 4.78 is 24.8. The molecule has 1 amide bonds. The fraction of sp³-hybridized carbons (Fsp3) is 0.316. The van der Waals surface area contributed by atoms with Crippen molar-refractivity contribution in [3.05, 3.63) is 47.8 Å². The Hall–Kier alpha value is -2.76. The lowest BCUT2D eigenvalue weighted by molar-refractivity contribution is -0.114. The number of nitrogens with one attached hydrogen (secondary N) is 2. The number of rotatable bonds is 8. The van der Waals surface area contributed by atoms with Crippen molar-refractivity contribution >= 4 is 17.3 Å². The van der Waals surface area contributed by atoms with Crippen molar-refractivity contribution in [2.45, 2.75) is 20.8 Å². The van der Waals surface area contributed by atoms with Crippen molar-refractivity contribution in [1.29, 1.82) is 0 Å². The Balaban J connectivity index is 2.04. The second-order valence-corrected chi connectivity index (χ2v) is 5.41. The number of amides is 1. The average molecular weight is 346 g/mol. The Bertz CT molecular complexity index is 735. The Kier molecular flexibility index (Phi) is 6.62. The maximum absolute atomic E-state index is 13.8. The van der Waals surface area contributed by atoms with E-state index in [2.05, 4.69) is 10.6 Å². The van der Waals surface area contributed by atoms with Gasteiger partial charge in [-0.15, -0.1) is 0 Å². The number of halogens is 1. The summed E-state index contributed by atoms with van der Waals surface area (Å²) in [6, 6.07) is 10.0. The number of aryl methyl sites for hydroxylation is 1. The summed E-state index contributed by atoms with van der Waals surface area (Å²) in [5.74, 6) is 0.496. The molecule has 0 radical (unpaired) electrons. The molecule has 0 fully saturated rings. The van der Waals surface area contributed by atoms with Crippen molar-refractivity contribution < 1.29 is 18.7 Å². The Labute approximate surface area is 147 Å². The highest BCUT2D eigenvalue weighted by Gasteiger charge is 2.11. The first-order valence-electron chi connectivity index (χ1n) is 8.23. The smallest absolute Gasteiger partial charge is 0.243 e. The summed E-state index contributed by atoms with van der Waals surface area (Å²) >= 11 is 0. The van der Waals surface area contributed by atoms with E-state index in [1.165, 1.54) is 6.07 Å². The second kappa shape index (κ2) is 8.92. The van der Waals surface area contributed by atoms with Gasteiger partial charge in [-0.3, -0.25) is 4.79 Å². The molecule has 0 spiro atoms. The van der Waals surface area contributed by atoms with Crippen LogP contribution in [0.2, 0.25) is 0 Å². The third-order valence-corrected chi connectivity index (χ3v) is 3.40. The van der Waals surface area contributed by atoms with Gasteiger partial charge in [-0.25, -0.2) is 4.39 Å². The molecular weight excluding hydrogens is 323 g/mol. The molecule has 25 heavy (non-hydrogen) atoms. The first-order chi connectivity index (χ1) is 12.0. The largest absolute Gasteiger partial charge is 0.494 e. The van der Waals surface area contributed by atoms with Crippen LogP contribution in [0.15, 0.2) is 36.4 Å². The van der Waals surface area contributed by atoms with Gasteiger partial charge in [0.25, 0.3) is 0 Å². The van der Waals surface area contributed by atoms with E-state index in [-0.39, 0.29) is 24.0 Å². The van der Waals surface area contributed by atoms with Gasteiger partial charge in [-0.1, -0.05) is 6.07 Å². The Morgan fingerprint density at radius 2 is 1.80 bits per heavy atom. The van der Waals surface area contributed by atoms with Crippen LogP contribution in [0.5, 0.6) is 11.5 Å². The van der Waals surface area contributed by atoms with Crippen molar-refractivity contribution in [3.8, 4) is 11.5 Å². The van der Waals surface area contributed by atoms with E-state index in [1.807, 2.05) is 13.8 Å². The topological polar surface area (TPSA) is 59.6 Å². The standard InChI is InChI=1S/C19H23FN2O3/c1-4-24-14-7-9-18(25-5-2)17(11-14)22-19(23)12-21-16-8-6-13(3)10-15(16)20/h6-11,21H,4-5,12H2,1-3H3,(H,22,23). The molecule has 0 aliphatic rings. The van der Waals surface area contributed by atoms with Crippen LogP contribution in [0.25, 0.3) is 0 Å². The lowest BCUT2D eigenvalue weighted by Crippen LogP contribution is -2.22. The molecule has 0 aromatic heterocycles. The van der Waals surface area contributed by atoms with Crippen molar-refractivity contribution in [2.75, 3.05) is 30.4 Å². The number of anilines is 2. The van der Waals surface area contributed by atoms with E-state index in [0.29, 0.717) is 30.4 Å². The van der Waals surface area contributed by atoms with Crippen LogP contribution < -0.4 is 20.1 Å². The third kappa shape index (κ3) is 5.38. The van der Waals surface area contributed by atoms with Gasteiger partial charge >= 0.3 is 0 Å². The molecule has 2 N–H and O–H groups in total. The minimum absolute atomic E-state index is 0.0651. The number of hydrogen-bond acceptors (Lipinski definition) is 4. The SMILES string of the molecule is CCOc1ccc(OCC)c(NC(=O)CNc2ccc(C)cc2F)c1. The van der Waals surface area contributed by atoms with Gasteiger partial charge in [-0.05, 0) is 50.6 Å². The number of ether oxygens (including phenoxy) is 2. The van der Waals surface area contributed by atoms with Crippen LogP contribution in [0.1, 0.15) is 19.4 Å². The highest BCUT2D eigenvalue weighted by Crippen LogP contribution is 2.29. The highest BCUT2D eigenvalue weighted by atomic mass is 19.1. The molecule has 6 heteroatoms. The van der Waals surface area contributed by atoms with Crippen molar-refractivity contribution in [2.24, 2.45) is 0 Å². The van der Waals surface area contributed by atoms with Gasteiger partial charge in [0.15, 0.2) is 0 Å². The minimum Gasteiger partial charge on any atom is -0.494 e. The van der Waals surface area contributed by atoms with E-state index >= 15 is 0 Å². The first-order valence-corrected chi connectivity index (χ1v) is 8.23. The van der Waals surface area contributed by atoms with Crippen LogP contribution in [0, 0.1) is 12.7 Å². The Morgan fingerprint density at radius 1 is 1.04 bits per heavy atom. The molecule has 0 saturated carbocycles. The monoisotopic (exact) mass is 346 g/mol. The molecule has 134 valence electrons. The summed E-state index contributed by atoms with van der Waals surface area (Å²) in [5, 5.41) is 5.56.